The van der Waals surface area contributed by atoms with Gasteiger partial charge in [0, 0.05) is 31.3 Å². The van der Waals surface area contributed by atoms with Crippen molar-refractivity contribution in [2.45, 2.75) is 52.5 Å². The first kappa shape index (κ1) is 26.7. The maximum absolute atomic E-state index is 12.8. The van der Waals surface area contributed by atoms with Gasteiger partial charge in [-0.3, -0.25) is 4.79 Å². The van der Waals surface area contributed by atoms with Crippen LogP contribution in [0.3, 0.4) is 0 Å². The zero-order valence-electron chi connectivity index (χ0n) is 19.7. The summed E-state index contributed by atoms with van der Waals surface area (Å²) in [4.78, 5) is 26.7. The highest BCUT2D eigenvalue weighted by atomic mass is 35.5. The number of aromatic nitrogens is 1. The summed E-state index contributed by atoms with van der Waals surface area (Å²) in [6, 6.07) is 5.42. The fourth-order valence-corrected chi connectivity index (χ4v) is 3.91. The Morgan fingerprint density at radius 2 is 2.00 bits per heavy atom. The van der Waals surface area contributed by atoms with Crippen LogP contribution in [0.4, 0.5) is 18.9 Å². The predicted molar refractivity (Wildman–Crippen MR) is 130 cm³/mol. The van der Waals surface area contributed by atoms with E-state index in [4.69, 9.17) is 16.6 Å². The Morgan fingerprint density at radius 3 is 2.60 bits per heavy atom. The highest BCUT2D eigenvalue weighted by Crippen LogP contribution is 2.34. The van der Waals surface area contributed by atoms with Crippen LogP contribution in [0.15, 0.2) is 45.2 Å². The number of nitrogens with one attached hydrogen (secondary N) is 1. The average molecular weight is 513 g/mol. The van der Waals surface area contributed by atoms with Crippen molar-refractivity contribution in [1.29, 1.82) is 0 Å². The number of aliphatic imine (C=N–C) groups is 2. The molecule has 11 heteroatoms. The Kier molecular flexibility index (Phi) is 8.60. The van der Waals surface area contributed by atoms with Crippen molar-refractivity contribution in [1.82, 2.24) is 9.88 Å². The molecule has 1 saturated heterocycles. The summed E-state index contributed by atoms with van der Waals surface area (Å²) in [5, 5.41) is 9.69. The second kappa shape index (κ2) is 11.3. The Balaban J connectivity index is 2.17. The molecule has 0 aliphatic carbocycles. The third-order valence-corrected chi connectivity index (χ3v) is 6.14. The minimum atomic E-state index is -4.93. The van der Waals surface area contributed by atoms with Gasteiger partial charge in [0.1, 0.15) is 11.6 Å². The topological polar surface area (TPSA) is 90.3 Å². The monoisotopic (exact) mass is 512 g/mol. The lowest BCUT2D eigenvalue weighted by atomic mass is 10.0. The van der Waals surface area contributed by atoms with Crippen molar-refractivity contribution < 1.29 is 23.0 Å². The SMILES string of the molecule is CCC(C)C(=NC(=Nc1ccc(Cl)c(OC(F)(F)F)c1)c1c(C)cc[nH]c1=O)N1CCC(O)CC1. The first-order valence-electron chi connectivity index (χ1n) is 11.3. The number of pyridine rings is 1. The first-order chi connectivity index (χ1) is 16.5. The van der Waals surface area contributed by atoms with Gasteiger partial charge in [-0.05, 0) is 49.9 Å². The van der Waals surface area contributed by atoms with Gasteiger partial charge in [-0.1, -0.05) is 25.4 Å². The maximum Gasteiger partial charge on any atom is 0.573 e. The fraction of sp³-hybridized carbons (Fsp3) is 0.458. The highest BCUT2D eigenvalue weighted by Gasteiger charge is 2.32. The number of likely N-dealkylation sites (tertiary alicyclic amines) is 1. The van der Waals surface area contributed by atoms with E-state index in [1.807, 2.05) is 13.8 Å². The van der Waals surface area contributed by atoms with E-state index in [0.29, 0.717) is 37.3 Å². The van der Waals surface area contributed by atoms with Crippen molar-refractivity contribution in [3.8, 4) is 5.75 Å². The third-order valence-electron chi connectivity index (χ3n) is 5.83. The van der Waals surface area contributed by atoms with Crippen LogP contribution in [-0.4, -0.2) is 52.2 Å². The third kappa shape index (κ3) is 7.08. The Labute approximate surface area is 206 Å². The van der Waals surface area contributed by atoms with E-state index in [0.717, 1.165) is 12.5 Å². The van der Waals surface area contributed by atoms with Crippen LogP contribution < -0.4 is 10.3 Å². The molecule has 0 radical (unpaired) electrons. The minimum Gasteiger partial charge on any atom is -0.404 e. The molecule has 0 bridgehead atoms. The van der Waals surface area contributed by atoms with Gasteiger partial charge in [0.15, 0.2) is 5.84 Å². The lowest BCUT2D eigenvalue weighted by Gasteiger charge is -2.34. The zero-order chi connectivity index (χ0) is 25.8. The summed E-state index contributed by atoms with van der Waals surface area (Å²) in [5.41, 5.74) is 0.478. The summed E-state index contributed by atoms with van der Waals surface area (Å²) in [7, 11) is 0. The van der Waals surface area contributed by atoms with Crippen molar-refractivity contribution in [2.24, 2.45) is 15.9 Å². The first-order valence-corrected chi connectivity index (χ1v) is 11.7. The molecular weight excluding hydrogens is 485 g/mol. The lowest BCUT2D eigenvalue weighted by molar-refractivity contribution is -0.274. The van der Waals surface area contributed by atoms with Crippen molar-refractivity contribution in [3.63, 3.8) is 0 Å². The van der Waals surface area contributed by atoms with E-state index in [-0.39, 0.29) is 34.1 Å². The Bertz CT molecular complexity index is 1160. The summed E-state index contributed by atoms with van der Waals surface area (Å²) in [6.07, 6.45) is -1.87. The largest absolute Gasteiger partial charge is 0.573 e. The molecule has 2 N–H and O–H groups in total. The van der Waals surface area contributed by atoms with Gasteiger partial charge >= 0.3 is 6.36 Å². The van der Waals surface area contributed by atoms with E-state index in [1.54, 1.807) is 13.0 Å². The van der Waals surface area contributed by atoms with Gasteiger partial charge in [0.2, 0.25) is 0 Å². The van der Waals surface area contributed by atoms with E-state index in [1.165, 1.54) is 18.3 Å². The molecule has 7 nitrogen and oxygen atoms in total. The number of alkyl halides is 3. The number of piperidine rings is 1. The number of aryl methyl sites for hydroxylation is 1. The number of ether oxygens (including phenoxy) is 1. The highest BCUT2D eigenvalue weighted by molar-refractivity contribution is 6.32. The molecule has 1 unspecified atom stereocenters. The molecule has 1 aliphatic heterocycles. The molecule has 0 amide bonds. The molecule has 35 heavy (non-hydrogen) atoms. The van der Waals surface area contributed by atoms with Crippen LogP contribution in [0.2, 0.25) is 5.02 Å². The number of aliphatic hydroxyl groups is 1. The molecule has 2 heterocycles. The number of rotatable bonds is 5. The second-order valence-corrected chi connectivity index (χ2v) is 8.87. The number of hydrogen-bond acceptors (Lipinski definition) is 4. The number of aromatic amines is 1. The van der Waals surface area contributed by atoms with E-state index >= 15 is 0 Å². The number of halogens is 4. The number of H-pyrrole nitrogens is 1. The number of amidine groups is 2. The number of benzene rings is 1. The van der Waals surface area contributed by atoms with E-state index in [2.05, 4.69) is 19.6 Å². The molecule has 1 aromatic heterocycles. The van der Waals surface area contributed by atoms with Gasteiger partial charge in [-0.2, -0.15) is 0 Å². The normalized spacial score (nSPS) is 17.0. The Hall–Kier alpha value is -2.85. The lowest BCUT2D eigenvalue weighted by Crippen LogP contribution is -2.43. The number of nitrogens with zero attached hydrogens (tertiary/aromatic N) is 3. The van der Waals surface area contributed by atoms with Gasteiger partial charge in [0.05, 0.1) is 22.4 Å². The summed E-state index contributed by atoms with van der Waals surface area (Å²) in [6.45, 7) is 6.92. The van der Waals surface area contributed by atoms with Crippen molar-refractivity contribution >= 4 is 29.0 Å². The molecule has 0 saturated carbocycles. The summed E-state index contributed by atoms with van der Waals surface area (Å²) in [5.74, 6) is 0.162. The number of hydrogen-bond donors (Lipinski definition) is 2. The van der Waals surface area contributed by atoms with Gasteiger partial charge in [0.25, 0.3) is 5.56 Å². The zero-order valence-corrected chi connectivity index (χ0v) is 20.5. The standard InChI is InChI=1S/C24H28ClF3N4O3/c1-4-14(2)22(32-11-8-17(33)9-12-32)31-21(20-15(3)7-10-29-23(20)34)30-16-5-6-18(25)19(13-16)35-24(26,27)28/h5-7,10,13-14,17,33H,4,8-9,11-12H2,1-3H3,(H,29,34). The summed E-state index contributed by atoms with van der Waals surface area (Å²) < 4.78 is 42.4. The van der Waals surface area contributed by atoms with Crippen LogP contribution in [0.25, 0.3) is 0 Å². The average Bonchev–Trinajstić information content (AvgIpc) is 2.78. The predicted octanol–water partition coefficient (Wildman–Crippen LogP) is 5.21. The minimum absolute atomic E-state index is 0.00730. The smallest absolute Gasteiger partial charge is 0.404 e. The molecule has 1 fully saturated rings. The van der Waals surface area contributed by atoms with Gasteiger partial charge in [-0.15, -0.1) is 13.2 Å². The maximum atomic E-state index is 12.8. The van der Waals surface area contributed by atoms with Crippen LogP contribution in [0, 0.1) is 12.8 Å². The van der Waals surface area contributed by atoms with Crippen LogP contribution in [-0.2, 0) is 0 Å². The second-order valence-electron chi connectivity index (χ2n) is 8.46. The molecule has 3 rings (SSSR count). The summed E-state index contributed by atoms with van der Waals surface area (Å²) >= 11 is 5.88. The molecule has 1 aliphatic rings. The van der Waals surface area contributed by atoms with Gasteiger partial charge < -0.3 is 19.7 Å². The Morgan fingerprint density at radius 1 is 1.31 bits per heavy atom. The number of aliphatic hydroxyl groups excluding tert-OH is 1. The molecular formula is C24H28ClF3N4O3. The molecule has 0 spiro atoms. The van der Waals surface area contributed by atoms with Crippen molar-refractivity contribution in [2.75, 3.05) is 13.1 Å². The van der Waals surface area contributed by atoms with Crippen molar-refractivity contribution in [3.05, 3.63) is 57.0 Å². The van der Waals surface area contributed by atoms with Crippen LogP contribution >= 0.6 is 11.6 Å². The fourth-order valence-electron chi connectivity index (χ4n) is 3.76. The van der Waals surface area contributed by atoms with Crippen LogP contribution in [0.5, 0.6) is 5.75 Å². The van der Waals surface area contributed by atoms with E-state index in [9.17, 15) is 23.1 Å². The molecule has 1 aromatic carbocycles. The molecule has 2 aromatic rings. The molecule has 190 valence electrons. The van der Waals surface area contributed by atoms with Gasteiger partial charge in [-0.25, -0.2) is 9.98 Å². The van der Waals surface area contributed by atoms with Crippen LogP contribution in [0.1, 0.15) is 44.2 Å². The van der Waals surface area contributed by atoms with E-state index < -0.39 is 17.7 Å². The quantitative estimate of drug-likeness (QED) is 0.425. The molecule has 1 atom stereocenters.